The van der Waals surface area contributed by atoms with Gasteiger partial charge in [0.1, 0.15) is 0 Å². The molecule has 1 heterocycles. The van der Waals surface area contributed by atoms with Crippen LogP contribution in [0.25, 0.3) is 0 Å². The van der Waals surface area contributed by atoms with Crippen LogP contribution in [0.1, 0.15) is 44.9 Å². The molecule has 2 rings (SSSR count). The Balaban J connectivity index is 1.51. The first-order chi connectivity index (χ1) is 8.45. The van der Waals surface area contributed by atoms with E-state index in [1.807, 2.05) is 0 Å². The summed E-state index contributed by atoms with van der Waals surface area (Å²) < 4.78 is 0. The van der Waals surface area contributed by atoms with E-state index in [0.717, 1.165) is 5.92 Å². The first kappa shape index (κ1) is 13.1. The molecule has 0 aromatic rings. The van der Waals surface area contributed by atoms with Gasteiger partial charge >= 0.3 is 0 Å². The first-order valence-corrected chi connectivity index (χ1v) is 7.53. The van der Waals surface area contributed by atoms with Crippen LogP contribution in [0.4, 0.5) is 0 Å². The third kappa shape index (κ3) is 5.22. The molecule has 0 saturated carbocycles. The average molecular weight is 236 g/mol. The first-order valence-electron chi connectivity index (χ1n) is 7.53. The zero-order valence-electron chi connectivity index (χ0n) is 11.2. The maximum Gasteiger partial charge on any atom is 0.0107 e. The van der Waals surface area contributed by atoms with Crippen LogP contribution in [0.15, 0.2) is 12.2 Å². The van der Waals surface area contributed by atoms with E-state index >= 15 is 0 Å². The summed E-state index contributed by atoms with van der Waals surface area (Å²) in [6.45, 7) is 6.31. The lowest BCUT2D eigenvalue weighted by Crippen LogP contribution is -2.34. The fraction of sp³-hybridized carbons (Fsp3) is 0.867. The second-order valence-corrected chi connectivity index (χ2v) is 5.61. The molecule has 0 bridgehead atoms. The molecule has 1 aliphatic heterocycles. The van der Waals surface area contributed by atoms with Crippen LogP contribution >= 0.6 is 0 Å². The zero-order valence-corrected chi connectivity index (χ0v) is 11.2. The SMILES string of the molecule is C1=CCC(CNCCN2CCCCCC2)CC1. The Labute approximate surface area is 106 Å². The van der Waals surface area contributed by atoms with Crippen molar-refractivity contribution in [3.63, 3.8) is 0 Å². The molecule has 1 unspecified atom stereocenters. The maximum absolute atomic E-state index is 3.65. The van der Waals surface area contributed by atoms with E-state index in [2.05, 4.69) is 22.4 Å². The largest absolute Gasteiger partial charge is 0.315 e. The van der Waals surface area contributed by atoms with Crippen molar-refractivity contribution >= 4 is 0 Å². The zero-order chi connectivity index (χ0) is 11.8. The van der Waals surface area contributed by atoms with Crippen molar-refractivity contribution < 1.29 is 0 Å². The van der Waals surface area contributed by atoms with E-state index in [1.54, 1.807) is 0 Å². The van der Waals surface area contributed by atoms with E-state index in [0.29, 0.717) is 0 Å². The quantitative estimate of drug-likeness (QED) is 0.583. The minimum atomic E-state index is 0.893. The standard InChI is InChI=1S/C15H28N2/c1-2-7-12-17(11-6-1)13-10-16-14-15-8-4-3-5-9-15/h3-4,15-16H,1-2,5-14H2. The van der Waals surface area contributed by atoms with Crippen molar-refractivity contribution in [3.05, 3.63) is 12.2 Å². The molecule has 0 aromatic heterocycles. The predicted molar refractivity (Wildman–Crippen MR) is 74.3 cm³/mol. The third-order valence-corrected chi connectivity index (χ3v) is 4.11. The van der Waals surface area contributed by atoms with E-state index in [-0.39, 0.29) is 0 Å². The van der Waals surface area contributed by atoms with E-state index in [9.17, 15) is 0 Å². The highest BCUT2D eigenvalue weighted by atomic mass is 15.1. The summed E-state index contributed by atoms with van der Waals surface area (Å²) in [5, 5.41) is 3.65. The van der Waals surface area contributed by atoms with Crippen LogP contribution in [0.3, 0.4) is 0 Å². The van der Waals surface area contributed by atoms with Crippen molar-refractivity contribution in [2.24, 2.45) is 5.92 Å². The Morgan fingerprint density at radius 2 is 1.88 bits per heavy atom. The Morgan fingerprint density at radius 3 is 2.59 bits per heavy atom. The highest BCUT2D eigenvalue weighted by molar-refractivity contribution is 4.90. The van der Waals surface area contributed by atoms with E-state index < -0.39 is 0 Å². The molecule has 2 heteroatoms. The van der Waals surface area contributed by atoms with Gasteiger partial charge in [0.05, 0.1) is 0 Å². The molecule has 1 aliphatic carbocycles. The summed E-state index contributed by atoms with van der Waals surface area (Å²) in [5.74, 6) is 0.893. The van der Waals surface area contributed by atoms with Gasteiger partial charge in [0.2, 0.25) is 0 Å². The number of nitrogens with zero attached hydrogens (tertiary/aromatic N) is 1. The summed E-state index contributed by atoms with van der Waals surface area (Å²) in [7, 11) is 0. The summed E-state index contributed by atoms with van der Waals surface area (Å²) >= 11 is 0. The van der Waals surface area contributed by atoms with Crippen LogP contribution in [0, 0.1) is 5.92 Å². The second kappa shape index (κ2) is 7.88. The molecule has 1 saturated heterocycles. The van der Waals surface area contributed by atoms with Gasteiger partial charge < -0.3 is 10.2 Å². The molecule has 0 spiro atoms. The fourth-order valence-electron chi connectivity index (χ4n) is 2.94. The summed E-state index contributed by atoms with van der Waals surface area (Å²) in [5.41, 5.74) is 0. The Kier molecular flexibility index (Phi) is 6.08. The Bertz CT molecular complexity index is 217. The normalized spacial score (nSPS) is 26.9. The van der Waals surface area contributed by atoms with Crippen molar-refractivity contribution in [3.8, 4) is 0 Å². The molecular weight excluding hydrogens is 208 g/mol. The number of hydrogen-bond acceptors (Lipinski definition) is 2. The van der Waals surface area contributed by atoms with Crippen molar-refractivity contribution in [2.75, 3.05) is 32.7 Å². The smallest absolute Gasteiger partial charge is 0.0107 e. The lowest BCUT2D eigenvalue weighted by molar-refractivity contribution is 0.280. The number of hydrogen-bond donors (Lipinski definition) is 1. The van der Waals surface area contributed by atoms with Gasteiger partial charge in [-0.25, -0.2) is 0 Å². The van der Waals surface area contributed by atoms with Crippen LogP contribution < -0.4 is 5.32 Å². The molecule has 98 valence electrons. The Hall–Kier alpha value is -0.340. The lowest BCUT2D eigenvalue weighted by Gasteiger charge is -2.22. The molecule has 2 nitrogen and oxygen atoms in total. The third-order valence-electron chi connectivity index (χ3n) is 4.11. The molecule has 0 radical (unpaired) electrons. The van der Waals surface area contributed by atoms with Crippen LogP contribution in [-0.2, 0) is 0 Å². The molecule has 2 aliphatic rings. The monoisotopic (exact) mass is 236 g/mol. The van der Waals surface area contributed by atoms with Crippen LogP contribution in [0.2, 0.25) is 0 Å². The topological polar surface area (TPSA) is 15.3 Å². The fourth-order valence-corrected chi connectivity index (χ4v) is 2.94. The van der Waals surface area contributed by atoms with Gasteiger partial charge in [0.15, 0.2) is 0 Å². The summed E-state index contributed by atoms with van der Waals surface area (Å²) in [6, 6.07) is 0. The van der Waals surface area contributed by atoms with Crippen molar-refractivity contribution in [1.82, 2.24) is 10.2 Å². The minimum Gasteiger partial charge on any atom is -0.315 e. The molecule has 0 amide bonds. The van der Waals surface area contributed by atoms with Gasteiger partial charge in [-0.3, -0.25) is 0 Å². The van der Waals surface area contributed by atoms with Crippen molar-refractivity contribution in [1.29, 1.82) is 0 Å². The van der Waals surface area contributed by atoms with E-state index in [4.69, 9.17) is 0 Å². The number of nitrogens with one attached hydrogen (secondary N) is 1. The van der Waals surface area contributed by atoms with Crippen molar-refractivity contribution in [2.45, 2.75) is 44.9 Å². The second-order valence-electron chi connectivity index (χ2n) is 5.61. The molecule has 1 atom stereocenters. The predicted octanol–water partition coefficient (Wildman–Crippen LogP) is 2.81. The average Bonchev–Trinajstić information content (AvgIpc) is 2.65. The maximum atomic E-state index is 3.65. The molecule has 0 aromatic carbocycles. The van der Waals surface area contributed by atoms with Gasteiger partial charge in [-0.15, -0.1) is 0 Å². The number of allylic oxidation sites excluding steroid dienone is 2. The molecule has 1 N–H and O–H groups in total. The lowest BCUT2D eigenvalue weighted by atomic mass is 9.94. The van der Waals surface area contributed by atoms with Crippen LogP contribution in [-0.4, -0.2) is 37.6 Å². The molecule has 1 fully saturated rings. The van der Waals surface area contributed by atoms with Gasteiger partial charge in [0, 0.05) is 13.1 Å². The summed E-state index contributed by atoms with van der Waals surface area (Å²) in [4.78, 5) is 2.64. The minimum absolute atomic E-state index is 0.893. The Morgan fingerprint density at radius 1 is 1.06 bits per heavy atom. The number of likely N-dealkylation sites (tertiary alicyclic amines) is 1. The molecular formula is C15H28N2. The number of rotatable bonds is 5. The molecule has 17 heavy (non-hydrogen) atoms. The van der Waals surface area contributed by atoms with Gasteiger partial charge in [-0.1, -0.05) is 25.0 Å². The summed E-state index contributed by atoms with van der Waals surface area (Å²) in [6.07, 6.45) is 14.3. The van der Waals surface area contributed by atoms with Gasteiger partial charge in [-0.05, 0) is 57.7 Å². The van der Waals surface area contributed by atoms with Gasteiger partial charge in [-0.2, -0.15) is 0 Å². The van der Waals surface area contributed by atoms with E-state index in [1.165, 1.54) is 77.7 Å². The van der Waals surface area contributed by atoms with Crippen LogP contribution in [0.5, 0.6) is 0 Å². The highest BCUT2D eigenvalue weighted by Gasteiger charge is 2.10. The van der Waals surface area contributed by atoms with Gasteiger partial charge in [0.25, 0.3) is 0 Å². The highest BCUT2D eigenvalue weighted by Crippen LogP contribution is 2.16.